The molecule has 0 aliphatic carbocycles. The molecule has 0 aromatic heterocycles. The number of hydrogen-bond donors (Lipinski definition) is 1. The van der Waals surface area contributed by atoms with Gasteiger partial charge in [0, 0.05) is 26.1 Å². The summed E-state index contributed by atoms with van der Waals surface area (Å²) in [5, 5.41) is 3.23. The molecule has 1 fully saturated rings. The van der Waals surface area contributed by atoms with Gasteiger partial charge in [0.05, 0.1) is 0 Å². The van der Waals surface area contributed by atoms with E-state index < -0.39 is 0 Å². The molecule has 1 N–H and O–H groups in total. The molecule has 70 valence electrons. The van der Waals surface area contributed by atoms with Gasteiger partial charge in [-0.05, 0) is 19.4 Å². The predicted octanol–water partition coefficient (Wildman–Crippen LogP) is 0.463. The molecular weight excluding hydrogens is 152 g/mol. The van der Waals surface area contributed by atoms with Crippen LogP contribution in [0, 0.1) is 5.92 Å². The summed E-state index contributed by atoms with van der Waals surface area (Å²) in [5.41, 5.74) is 0. The monoisotopic (exact) mass is 170 g/mol. The normalized spacial score (nSPS) is 30.4. The highest BCUT2D eigenvalue weighted by atomic mass is 16.2. The van der Waals surface area contributed by atoms with E-state index in [1.54, 1.807) is 6.92 Å². The molecule has 2 unspecified atom stereocenters. The Kier molecular flexibility index (Phi) is 3.09. The predicted molar refractivity (Wildman–Crippen MR) is 48.9 cm³/mol. The standard InChI is InChI=1S/C9H18N2O/c1-7-4-9(10-3)6-11(5-7)8(2)12/h7,9-10H,4-6H2,1-3H3. The number of hydrogen-bond acceptors (Lipinski definition) is 2. The minimum Gasteiger partial charge on any atom is -0.341 e. The molecule has 1 aliphatic rings. The first-order valence-electron chi connectivity index (χ1n) is 4.56. The number of likely N-dealkylation sites (tertiary alicyclic amines) is 1. The van der Waals surface area contributed by atoms with Crippen LogP contribution in [0.15, 0.2) is 0 Å². The van der Waals surface area contributed by atoms with E-state index in [1.165, 1.54) is 6.42 Å². The fourth-order valence-electron chi connectivity index (χ4n) is 1.82. The molecule has 12 heavy (non-hydrogen) atoms. The van der Waals surface area contributed by atoms with Gasteiger partial charge in [0.2, 0.25) is 5.91 Å². The van der Waals surface area contributed by atoms with Gasteiger partial charge in [-0.25, -0.2) is 0 Å². The summed E-state index contributed by atoms with van der Waals surface area (Å²) in [5.74, 6) is 0.821. The number of likely N-dealkylation sites (N-methyl/N-ethyl adjacent to an activating group) is 1. The maximum atomic E-state index is 11.1. The van der Waals surface area contributed by atoms with E-state index in [-0.39, 0.29) is 5.91 Å². The third-order valence-electron chi connectivity index (χ3n) is 2.51. The lowest BCUT2D eigenvalue weighted by molar-refractivity contribution is -0.131. The summed E-state index contributed by atoms with van der Waals surface area (Å²) in [6.07, 6.45) is 1.18. The van der Waals surface area contributed by atoms with Crippen molar-refractivity contribution < 1.29 is 4.79 Å². The first-order chi connectivity index (χ1) is 5.63. The van der Waals surface area contributed by atoms with Crippen LogP contribution in [0.2, 0.25) is 0 Å². The van der Waals surface area contributed by atoms with Crippen molar-refractivity contribution in [1.29, 1.82) is 0 Å². The van der Waals surface area contributed by atoms with Crippen LogP contribution in [-0.2, 0) is 4.79 Å². The van der Waals surface area contributed by atoms with Crippen molar-refractivity contribution in [3.8, 4) is 0 Å². The smallest absolute Gasteiger partial charge is 0.219 e. The molecule has 2 atom stereocenters. The largest absolute Gasteiger partial charge is 0.341 e. The van der Waals surface area contributed by atoms with Gasteiger partial charge >= 0.3 is 0 Å². The van der Waals surface area contributed by atoms with Gasteiger partial charge in [-0.2, -0.15) is 0 Å². The molecule has 0 aromatic rings. The first kappa shape index (κ1) is 9.52. The highest BCUT2D eigenvalue weighted by molar-refractivity contribution is 5.73. The summed E-state index contributed by atoms with van der Waals surface area (Å²) >= 11 is 0. The van der Waals surface area contributed by atoms with Gasteiger partial charge < -0.3 is 10.2 Å². The van der Waals surface area contributed by atoms with Crippen LogP contribution in [0.25, 0.3) is 0 Å². The molecule has 3 nitrogen and oxygen atoms in total. The summed E-state index contributed by atoms with van der Waals surface area (Å²) in [6, 6.07) is 0.484. The van der Waals surface area contributed by atoms with Crippen LogP contribution in [0.4, 0.5) is 0 Å². The van der Waals surface area contributed by atoms with Crippen molar-refractivity contribution in [2.75, 3.05) is 20.1 Å². The maximum absolute atomic E-state index is 11.1. The fraction of sp³-hybridized carbons (Fsp3) is 0.889. The molecule has 1 amide bonds. The maximum Gasteiger partial charge on any atom is 0.219 e. The lowest BCUT2D eigenvalue weighted by Crippen LogP contribution is -2.49. The Bertz CT molecular complexity index is 170. The summed E-state index contributed by atoms with van der Waals surface area (Å²) in [7, 11) is 1.96. The van der Waals surface area contributed by atoms with Gasteiger partial charge in [0.1, 0.15) is 0 Å². The van der Waals surface area contributed by atoms with Gasteiger partial charge in [-0.15, -0.1) is 0 Å². The molecule has 0 spiro atoms. The molecular formula is C9H18N2O. The second-order valence-corrected chi connectivity index (χ2v) is 3.75. The van der Waals surface area contributed by atoms with Gasteiger partial charge in [0.25, 0.3) is 0 Å². The number of amides is 1. The summed E-state index contributed by atoms with van der Waals surface area (Å²) in [6.45, 7) is 5.63. The van der Waals surface area contributed by atoms with Crippen molar-refractivity contribution >= 4 is 5.91 Å². The lowest BCUT2D eigenvalue weighted by atomic mass is 9.96. The van der Waals surface area contributed by atoms with E-state index in [0.29, 0.717) is 12.0 Å². The van der Waals surface area contributed by atoms with E-state index >= 15 is 0 Å². The number of carbonyl (C=O) groups excluding carboxylic acids is 1. The minimum absolute atomic E-state index is 0.196. The highest BCUT2D eigenvalue weighted by Crippen LogP contribution is 2.15. The number of piperidine rings is 1. The lowest BCUT2D eigenvalue weighted by Gasteiger charge is -2.35. The topological polar surface area (TPSA) is 32.3 Å². The molecule has 0 radical (unpaired) electrons. The Balaban J connectivity index is 2.51. The van der Waals surface area contributed by atoms with Crippen molar-refractivity contribution in [2.24, 2.45) is 5.92 Å². The van der Waals surface area contributed by atoms with Crippen molar-refractivity contribution in [3.63, 3.8) is 0 Å². The fourth-order valence-corrected chi connectivity index (χ4v) is 1.82. The van der Waals surface area contributed by atoms with Gasteiger partial charge in [-0.3, -0.25) is 4.79 Å². The Labute approximate surface area is 74.1 Å². The number of nitrogens with one attached hydrogen (secondary N) is 1. The molecule has 0 bridgehead atoms. The quantitative estimate of drug-likeness (QED) is 0.620. The second-order valence-electron chi connectivity index (χ2n) is 3.75. The van der Waals surface area contributed by atoms with Gasteiger partial charge in [0.15, 0.2) is 0 Å². The van der Waals surface area contributed by atoms with Crippen molar-refractivity contribution in [3.05, 3.63) is 0 Å². The van der Waals surface area contributed by atoms with Gasteiger partial charge in [-0.1, -0.05) is 6.92 Å². The zero-order valence-corrected chi connectivity index (χ0v) is 8.13. The zero-order chi connectivity index (χ0) is 9.14. The molecule has 0 saturated carbocycles. The molecule has 1 heterocycles. The summed E-state index contributed by atoms with van der Waals surface area (Å²) < 4.78 is 0. The average Bonchev–Trinajstić information content (AvgIpc) is 2.03. The highest BCUT2D eigenvalue weighted by Gasteiger charge is 2.24. The number of carbonyl (C=O) groups is 1. The molecule has 0 aromatic carbocycles. The van der Waals surface area contributed by atoms with Crippen molar-refractivity contribution in [1.82, 2.24) is 10.2 Å². The minimum atomic E-state index is 0.196. The Morgan fingerprint density at radius 1 is 1.50 bits per heavy atom. The van der Waals surface area contributed by atoms with Crippen LogP contribution in [0.1, 0.15) is 20.3 Å². The number of nitrogens with zero attached hydrogens (tertiary/aromatic N) is 1. The van der Waals surface area contributed by atoms with E-state index in [2.05, 4.69) is 12.2 Å². The SMILES string of the molecule is CNC1CC(C)CN(C(C)=O)C1. The Morgan fingerprint density at radius 3 is 2.67 bits per heavy atom. The Hall–Kier alpha value is -0.570. The van der Waals surface area contributed by atoms with E-state index in [9.17, 15) is 4.79 Å². The molecule has 1 rings (SSSR count). The van der Waals surface area contributed by atoms with E-state index in [4.69, 9.17) is 0 Å². The molecule has 1 aliphatic heterocycles. The van der Waals surface area contributed by atoms with Crippen LogP contribution in [0.3, 0.4) is 0 Å². The van der Waals surface area contributed by atoms with E-state index in [1.807, 2.05) is 11.9 Å². The molecule has 1 saturated heterocycles. The van der Waals surface area contributed by atoms with Crippen LogP contribution >= 0.6 is 0 Å². The van der Waals surface area contributed by atoms with Crippen LogP contribution in [-0.4, -0.2) is 37.0 Å². The number of rotatable bonds is 1. The third kappa shape index (κ3) is 2.21. The molecule has 3 heteroatoms. The van der Waals surface area contributed by atoms with Crippen molar-refractivity contribution in [2.45, 2.75) is 26.3 Å². The van der Waals surface area contributed by atoms with E-state index in [0.717, 1.165) is 13.1 Å². The zero-order valence-electron chi connectivity index (χ0n) is 8.13. The van der Waals surface area contributed by atoms with Crippen LogP contribution < -0.4 is 5.32 Å². The second kappa shape index (κ2) is 3.90. The van der Waals surface area contributed by atoms with Crippen LogP contribution in [0.5, 0.6) is 0 Å². The first-order valence-corrected chi connectivity index (χ1v) is 4.56. The third-order valence-corrected chi connectivity index (χ3v) is 2.51. The summed E-state index contributed by atoms with van der Waals surface area (Å²) in [4.78, 5) is 13.0. The average molecular weight is 170 g/mol. The Morgan fingerprint density at radius 2 is 2.17 bits per heavy atom.